The molecule has 1 aliphatic heterocycles. The molecule has 0 aromatic heterocycles. The fourth-order valence-electron chi connectivity index (χ4n) is 3.95. The van der Waals surface area contributed by atoms with E-state index in [2.05, 4.69) is 28.9 Å². The summed E-state index contributed by atoms with van der Waals surface area (Å²) in [6.07, 6.45) is 6.19. The third-order valence-corrected chi connectivity index (χ3v) is 5.49. The van der Waals surface area contributed by atoms with E-state index in [-0.39, 0.29) is 0 Å². The van der Waals surface area contributed by atoms with Crippen LogP contribution >= 0.6 is 0 Å². The Bertz CT molecular complexity index is 477. The molecule has 24 heavy (non-hydrogen) atoms. The number of β-amino-alcohol motifs (C(OH)–C–C–N with tert-alkyl or cyclic N) is 1. The van der Waals surface area contributed by atoms with E-state index in [9.17, 15) is 5.11 Å². The summed E-state index contributed by atoms with van der Waals surface area (Å²) in [5.74, 6) is 0.845. The van der Waals surface area contributed by atoms with Crippen molar-refractivity contribution < 1.29 is 9.84 Å². The van der Waals surface area contributed by atoms with Gasteiger partial charge in [-0.2, -0.15) is 0 Å². The Morgan fingerprint density at radius 1 is 1.08 bits per heavy atom. The van der Waals surface area contributed by atoms with Crippen molar-refractivity contribution >= 4 is 0 Å². The van der Waals surface area contributed by atoms with Crippen LogP contribution in [0.2, 0.25) is 0 Å². The Morgan fingerprint density at radius 2 is 1.75 bits per heavy atom. The summed E-state index contributed by atoms with van der Waals surface area (Å²) in [6.45, 7) is 7.66. The molecule has 2 aliphatic rings. The van der Waals surface area contributed by atoms with Crippen molar-refractivity contribution in [2.75, 3.05) is 39.3 Å². The molecule has 1 saturated heterocycles. The van der Waals surface area contributed by atoms with Gasteiger partial charge in [0.25, 0.3) is 0 Å². The zero-order valence-electron chi connectivity index (χ0n) is 15.0. The van der Waals surface area contributed by atoms with Gasteiger partial charge in [0.1, 0.15) is 18.5 Å². The quantitative estimate of drug-likeness (QED) is 0.832. The van der Waals surface area contributed by atoms with Crippen molar-refractivity contribution in [1.29, 1.82) is 0 Å². The van der Waals surface area contributed by atoms with Gasteiger partial charge in [-0.15, -0.1) is 0 Å². The molecule has 3 rings (SSSR count). The summed E-state index contributed by atoms with van der Waals surface area (Å²) in [4.78, 5) is 5.03. The third kappa shape index (κ3) is 4.95. The molecule has 134 valence electrons. The Labute approximate surface area is 146 Å². The van der Waals surface area contributed by atoms with Gasteiger partial charge in [0.2, 0.25) is 0 Å². The molecule has 0 amide bonds. The predicted molar refractivity (Wildman–Crippen MR) is 97.6 cm³/mol. The molecule has 0 bridgehead atoms. The lowest BCUT2D eigenvalue weighted by molar-refractivity contribution is 0.0370. The van der Waals surface area contributed by atoms with E-state index in [1.54, 1.807) is 0 Å². The van der Waals surface area contributed by atoms with E-state index in [0.717, 1.165) is 44.4 Å². The van der Waals surface area contributed by atoms with Crippen LogP contribution in [0.3, 0.4) is 0 Å². The maximum atomic E-state index is 10.3. The average molecular weight is 332 g/mol. The predicted octanol–water partition coefficient (Wildman–Crippen LogP) is 2.55. The SMILES string of the molecule is CCc1ccc(OCC(O)CN2CCN(C3CCCC3)CC2)cc1. The number of hydrogen-bond acceptors (Lipinski definition) is 4. The molecule has 0 radical (unpaired) electrons. The molecule has 4 heteroatoms. The van der Waals surface area contributed by atoms with Gasteiger partial charge in [-0.3, -0.25) is 9.80 Å². The first-order valence-corrected chi connectivity index (χ1v) is 9.61. The Hall–Kier alpha value is -1.10. The number of piperazine rings is 1. The lowest BCUT2D eigenvalue weighted by Gasteiger charge is -2.38. The van der Waals surface area contributed by atoms with Crippen LogP contribution < -0.4 is 4.74 Å². The molecule has 1 aromatic rings. The minimum absolute atomic E-state index is 0.369. The first-order valence-electron chi connectivity index (χ1n) is 9.61. The summed E-state index contributed by atoms with van der Waals surface area (Å²) in [6, 6.07) is 8.98. The summed E-state index contributed by atoms with van der Waals surface area (Å²) in [5.41, 5.74) is 1.31. The van der Waals surface area contributed by atoms with Crippen LogP contribution in [0.25, 0.3) is 0 Å². The van der Waals surface area contributed by atoms with E-state index < -0.39 is 6.10 Å². The fourth-order valence-corrected chi connectivity index (χ4v) is 3.95. The lowest BCUT2D eigenvalue weighted by Crippen LogP contribution is -2.51. The van der Waals surface area contributed by atoms with Crippen LogP contribution in [0.15, 0.2) is 24.3 Å². The van der Waals surface area contributed by atoms with Crippen LogP contribution in [0.4, 0.5) is 0 Å². The van der Waals surface area contributed by atoms with Gasteiger partial charge < -0.3 is 9.84 Å². The highest BCUT2D eigenvalue weighted by atomic mass is 16.5. The number of ether oxygens (including phenoxy) is 1. The van der Waals surface area contributed by atoms with Gasteiger partial charge in [0, 0.05) is 38.8 Å². The zero-order valence-corrected chi connectivity index (χ0v) is 15.0. The van der Waals surface area contributed by atoms with E-state index in [0.29, 0.717) is 13.2 Å². The second-order valence-corrected chi connectivity index (χ2v) is 7.24. The number of benzene rings is 1. The first kappa shape index (κ1) is 17.7. The molecule has 1 aromatic carbocycles. The summed E-state index contributed by atoms with van der Waals surface area (Å²) >= 11 is 0. The van der Waals surface area contributed by atoms with Gasteiger partial charge in [0.15, 0.2) is 0 Å². The third-order valence-electron chi connectivity index (χ3n) is 5.49. The smallest absolute Gasteiger partial charge is 0.119 e. The van der Waals surface area contributed by atoms with E-state index >= 15 is 0 Å². The molecule has 1 N–H and O–H groups in total. The van der Waals surface area contributed by atoms with Crippen LogP contribution in [-0.2, 0) is 6.42 Å². The topological polar surface area (TPSA) is 35.9 Å². The van der Waals surface area contributed by atoms with Crippen molar-refractivity contribution in [3.63, 3.8) is 0 Å². The van der Waals surface area contributed by atoms with E-state index in [1.807, 2.05) is 12.1 Å². The largest absolute Gasteiger partial charge is 0.491 e. The molecule has 0 spiro atoms. The van der Waals surface area contributed by atoms with Crippen LogP contribution in [0, 0.1) is 0 Å². The summed E-state index contributed by atoms with van der Waals surface area (Å²) < 4.78 is 5.72. The van der Waals surface area contributed by atoms with Crippen molar-refractivity contribution in [3.05, 3.63) is 29.8 Å². The highest BCUT2D eigenvalue weighted by molar-refractivity contribution is 5.27. The first-order chi connectivity index (χ1) is 11.7. The molecule has 1 unspecified atom stereocenters. The standard InChI is InChI=1S/C20H32N2O2/c1-2-17-7-9-20(10-8-17)24-16-19(23)15-21-11-13-22(14-12-21)18-5-3-4-6-18/h7-10,18-19,23H,2-6,11-16H2,1H3. The van der Waals surface area contributed by atoms with Gasteiger partial charge >= 0.3 is 0 Å². The second-order valence-electron chi connectivity index (χ2n) is 7.24. The minimum Gasteiger partial charge on any atom is -0.491 e. The van der Waals surface area contributed by atoms with Gasteiger partial charge in [-0.05, 0) is 37.0 Å². The molecule has 2 fully saturated rings. The molecular formula is C20H32N2O2. The van der Waals surface area contributed by atoms with E-state index in [4.69, 9.17) is 4.74 Å². The van der Waals surface area contributed by atoms with Gasteiger partial charge in [0.05, 0.1) is 0 Å². The van der Waals surface area contributed by atoms with Crippen molar-refractivity contribution in [2.24, 2.45) is 0 Å². The highest BCUT2D eigenvalue weighted by Crippen LogP contribution is 2.24. The summed E-state index contributed by atoms with van der Waals surface area (Å²) in [7, 11) is 0. The molecule has 1 aliphatic carbocycles. The van der Waals surface area contributed by atoms with Crippen LogP contribution in [0.1, 0.15) is 38.2 Å². The Kier molecular flexibility index (Phi) is 6.52. The zero-order chi connectivity index (χ0) is 16.8. The second kappa shape index (κ2) is 8.84. The molecule has 1 heterocycles. The van der Waals surface area contributed by atoms with Gasteiger partial charge in [-0.25, -0.2) is 0 Å². The van der Waals surface area contributed by atoms with Crippen molar-refractivity contribution in [3.8, 4) is 5.75 Å². The van der Waals surface area contributed by atoms with Crippen LogP contribution in [-0.4, -0.2) is 66.4 Å². The molecular weight excluding hydrogens is 300 g/mol. The average Bonchev–Trinajstić information content (AvgIpc) is 3.16. The fraction of sp³-hybridized carbons (Fsp3) is 0.700. The molecule has 1 atom stereocenters. The normalized spacial score (nSPS) is 21.9. The maximum Gasteiger partial charge on any atom is 0.119 e. The molecule has 4 nitrogen and oxygen atoms in total. The van der Waals surface area contributed by atoms with Gasteiger partial charge in [-0.1, -0.05) is 31.9 Å². The monoisotopic (exact) mass is 332 g/mol. The lowest BCUT2D eigenvalue weighted by atomic mass is 10.1. The minimum atomic E-state index is -0.422. The van der Waals surface area contributed by atoms with E-state index in [1.165, 1.54) is 31.2 Å². The number of aryl methyl sites for hydroxylation is 1. The Balaban J connectivity index is 1.35. The number of aliphatic hydroxyl groups is 1. The molecule has 1 saturated carbocycles. The van der Waals surface area contributed by atoms with Crippen molar-refractivity contribution in [1.82, 2.24) is 9.80 Å². The van der Waals surface area contributed by atoms with Crippen LogP contribution in [0.5, 0.6) is 5.75 Å². The highest BCUT2D eigenvalue weighted by Gasteiger charge is 2.26. The van der Waals surface area contributed by atoms with Crippen molar-refractivity contribution in [2.45, 2.75) is 51.2 Å². The Morgan fingerprint density at radius 3 is 2.38 bits per heavy atom. The number of nitrogens with zero attached hydrogens (tertiary/aromatic N) is 2. The maximum absolute atomic E-state index is 10.3. The summed E-state index contributed by atoms with van der Waals surface area (Å²) in [5, 5.41) is 10.3. The number of aliphatic hydroxyl groups excluding tert-OH is 1. The number of hydrogen-bond donors (Lipinski definition) is 1. The number of rotatable bonds is 7.